The van der Waals surface area contributed by atoms with Gasteiger partial charge in [0.05, 0.1) is 11.2 Å². The standard InChI is InChI=1S/C15H13N3/c16-13-7-3-1-5-11(13)9-15-12-6-2-4-8-14(12)17-10-18-15/h1-8,10H,9,16H2. The summed E-state index contributed by atoms with van der Waals surface area (Å²) < 4.78 is 0. The summed E-state index contributed by atoms with van der Waals surface area (Å²) in [4.78, 5) is 8.64. The van der Waals surface area contributed by atoms with E-state index in [1.54, 1.807) is 6.33 Å². The predicted molar refractivity (Wildman–Crippen MR) is 73.2 cm³/mol. The lowest BCUT2D eigenvalue weighted by atomic mass is 10.0. The molecule has 0 fully saturated rings. The Hall–Kier alpha value is -2.42. The predicted octanol–water partition coefficient (Wildman–Crippen LogP) is 2.80. The average molecular weight is 235 g/mol. The summed E-state index contributed by atoms with van der Waals surface area (Å²) >= 11 is 0. The third-order valence-corrected chi connectivity index (χ3v) is 3.04. The Kier molecular flexibility index (Phi) is 2.65. The first-order valence-electron chi connectivity index (χ1n) is 5.86. The van der Waals surface area contributed by atoms with Gasteiger partial charge in [0.2, 0.25) is 0 Å². The summed E-state index contributed by atoms with van der Waals surface area (Å²) in [6, 6.07) is 15.9. The van der Waals surface area contributed by atoms with E-state index in [9.17, 15) is 0 Å². The second-order valence-electron chi connectivity index (χ2n) is 4.21. The maximum Gasteiger partial charge on any atom is 0.116 e. The van der Waals surface area contributed by atoms with Crippen LogP contribution in [0.15, 0.2) is 54.9 Å². The fraction of sp³-hybridized carbons (Fsp3) is 0.0667. The summed E-state index contributed by atoms with van der Waals surface area (Å²) in [7, 11) is 0. The Labute approximate surface area is 105 Å². The molecule has 0 atom stereocenters. The highest BCUT2D eigenvalue weighted by molar-refractivity contribution is 5.80. The molecule has 1 heterocycles. The maximum atomic E-state index is 5.97. The van der Waals surface area contributed by atoms with Gasteiger partial charge < -0.3 is 5.73 Å². The second-order valence-corrected chi connectivity index (χ2v) is 4.21. The van der Waals surface area contributed by atoms with Gasteiger partial charge in [-0.25, -0.2) is 9.97 Å². The lowest BCUT2D eigenvalue weighted by Gasteiger charge is -2.07. The zero-order valence-electron chi connectivity index (χ0n) is 9.88. The minimum atomic E-state index is 0.732. The zero-order valence-corrected chi connectivity index (χ0v) is 9.88. The van der Waals surface area contributed by atoms with Gasteiger partial charge in [-0.3, -0.25) is 0 Å². The van der Waals surface area contributed by atoms with Gasteiger partial charge in [-0.1, -0.05) is 36.4 Å². The molecule has 0 spiro atoms. The van der Waals surface area contributed by atoms with Crippen molar-refractivity contribution in [2.45, 2.75) is 6.42 Å². The first-order valence-corrected chi connectivity index (χ1v) is 5.86. The van der Waals surface area contributed by atoms with Crippen LogP contribution in [-0.2, 0) is 6.42 Å². The van der Waals surface area contributed by atoms with Crippen molar-refractivity contribution in [3.05, 3.63) is 66.1 Å². The fourth-order valence-electron chi connectivity index (χ4n) is 2.08. The van der Waals surface area contributed by atoms with Gasteiger partial charge in [0.1, 0.15) is 6.33 Å². The average Bonchev–Trinajstić information content (AvgIpc) is 2.42. The summed E-state index contributed by atoms with van der Waals surface area (Å²) in [6.45, 7) is 0. The van der Waals surface area contributed by atoms with Gasteiger partial charge in [-0.05, 0) is 17.7 Å². The van der Waals surface area contributed by atoms with E-state index in [2.05, 4.69) is 9.97 Å². The maximum absolute atomic E-state index is 5.97. The van der Waals surface area contributed by atoms with Crippen molar-refractivity contribution in [3.8, 4) is 0 Å². The number of aromatic nitrogens is 2. The molecule has 88 valence electrons. The number of para-hydroxylation sites is 2. The molecule has 1 aromatic heterocycles. The fourth-order valence-corrected chi connectivity index (χ4v) is 2.08. The molecule has 0 aliphatic heterocycles. The molecule has 0 saturated carbocycles. The number of anilines is 1. The molecular weight excluding hydrogens is 222 g/mol. The van der Waals surface area contributed by atoms with E-state index in [-0.39, 0.29) is 0 Å². The molecule has 3 nitrogen and oxygen atoms in total. The molecule has 2 aromatic carbocycles. The van der Waals surface area contributed by atoms with Crippen LogP contribution in [0, 0.1) is 0 Å². The van der Waals surface area contributed by atoms with Crippen LogP contribution in [0.4, 0.5) is 5.69 Å². The Bertz CT molecular complexity index is 687. The van der Waals surface area contributed by atoms with Crippen molar-refractivity contribution in [3.63, 3.8) is 0 Å². The highest BCUT2D eigenvalue weighted by atomic mass is 14.8. The number of nitrogens with zero attached hydrogens (tertiary/aromatic N) is 2. The first kappa shape index (κ1) is 10.7. The van der Waals surface area contributed by atoms with Gasteiger partial charge in [0.15, 0.2) is 0 Å². The summed E-state index contributed by atoms with van der Waals surface area (Å²) in [5.41, 5.74) is 9.86. The Morgan fingerprint density at radius 2 is 1.67 bits per heavy atom. The van der Waals surface area contributed by atoms with E-state index in [4.69, 9.17) is 5.73 Å². The molecule has 0 amide bonds. The molecule has 0 saturated heterocycles. The van der Waals surface area contributed by atoms with Crippen molar-refractivity contribution in [2.75, 3.05) is 5.73 Å². The molecule has 3 rings (SSSR count). The third-order valence-electron chi connectivity index (χ3n) is 3.04. The molecule has 3 heteroatoms. The number of nitrogens with two attached hydrogens (primary N) is 1. The molecule has 0 bridgehead atoms. The highest BCUT2D eigenvalue weighted by Crippen LogP contribution is 2.20. The van der Waals surface area contributed by atoms with Crippen LogP contribution in [0.5, 0.6) is 0 Å². The van der Waals surface area contributed by atoms with Crippen molar-refractivity contribution in [1.82, 2.24) is 9.97 Å². The van der Waals surface area contributed by atoms with Crippen molar-refractivity contribution in [1.29, 1.82) is 0 Å². The quantitative estimate of drug-likeness (QED) is 0.695. The number of fused-ring (bicyclic) bond motifs is 1. The summed E-state index contributed by atoms with van der Waals surface area (Å²) in [6.07, 6.45) is 2.34. The van der Waals surface area contributed by atoms with Crippen LogP contribution in [0.25, 0.3) is 10.9 Å². The zero-order chi connectivity index (χ0) is 12.4. The largest absolute Gasteiger partial charge is 0.398 e. The highest BCUT2D eigenvalue weighted by Gasteiger charge is 2.05. The summed E-state index contributed by atoms with van der Waals surface area (Å²) in [5.74, 6) is 0. The van der Waals surface area contributed by atoms with Gasteiger partial charge in [0.25, 0.3) is 0 Å². The Morgan fingerprint density at radius 1 is 0.889 bits per heavy atom. The van der Waals surface area contributed by atoms with E-state index < -0.39 is 0 Å². The number of rotatable bonds is 2. The molecule has 0 aliphatic rings. The van der Waals surface area contributed by atoms with Gasteiger partial charge in [0, 0.05) is 17.5 Å². The minimum Gasteiger partial charge on any atom is -0.398 e. The van der Waals surface area contributed by atoms with E-state index >= 15 is 0 Å². The third kappa shape index (κ3) is 1.91. The van der Waals surface area contributed by atoms with Crippen molar-refractivity contribution in [2.24, 2.45) is 0 Å². The van der Waals surface area contributed by atoms with Crippen LogP contribution in [0.3, 0.4) is 0 Å². The van der Waals surface area contributed by atoms with Crippen molar-refractivity contribution < 1.29 is 0 Å². The number of nitrogen functional groups attached to an aromatic ring is 1. The lowest BCUT2D eigenvalue weighted by Crippen LogP contribution is -1.98. The monoisotopic (exact) mass is 235 g/mol. The van der Waals surface area contributed by atoms with Crippen LogP contribution >= 0.6 is 0 Å². The number of hydrogen-bond donors (Lipinski definition) is 1. The van der Waals surface area contributed by atoms with Gasteiger partial charge in [-0.15, -0.1) is 0 Å². The van der Waals surface area contributed by atoms with E-state index in [1.165, 1.54) is 0 Å². The van der Waals surface area contributed by atoms with E-state index in [1.807, 2.05) is 48.5 Å². The number of benzene rings is 2. The van der Waals surface area contributed by atoms with E-state index in [0.717, 1.165) is 34.3 Å². The molecule has 0 unspecified atom stereocenters. The smallest absolute Gasteiger partial charge is 0.116 e. The van der Waals surface area contributed by atoms with Crippen LogP contribution in [0.2, 0.25) is 0 Å². The Morgan fingerprint density at radius 3 is 2.56 bits per heavy atom. The van der Waals surface area contributed by atoms with Gasteiger partial charge >= 0.3 is 0 Å². The topological polar surface area (TPSA) is 51.8 Å². The first-order chi connectivity index (χ1) is 8.84. The van der Waals surface area contributed by atoms with Crippen molar-refractivity contribution >= 4 is 16.6 Å². The molecule has 3 aromatic rings. The molecule has 0 aliphatic carbocycles. The van der Waals surface area contributed by atoms with Crippen LogP contribution < -0.4 is 5.73 Å². The summed E-state index contributed by atoms with van der Waals surface area (Å²) in [5, 5.41) is 1.09. The molecule has 2 N–H and O–H groups in total. The second kappa shape index (κ2) is 4.45. The SMILES string of the molecule is Nc1ccccc1Cc1ncnc2ccccc12. The molecular formula is C15H13N3. The molecule has 18 heavy (non-hydrogen) atoms. The van der Waals surface area contributed by atoms with Gasteiger partial charge in [-0.2, -0.15) is 0 Å². The Balaban J connectivity index is 2.08. The normalized spacial score (nSPS) is 10.7. The minimum absolute atomic E-state index is 0.732. The van der Waals surface area contributed by atoms with Crippen LogP contribution in [0.1, 0.15) is 11.3 Å². The number of hydrogen-bond acceptors (Lipinski definition) is 3. The van der Waals surface area contributed by atoms with Crippen LogP contribution in [-0.4, -0.2) is 9.97 Å². The molecule has 0 radical (unpaired) electrons. The lowest BCUT2D eigenvalue weighted by molar-refractivity contribution is 1.06. The van der Waals surface area contributed by atoms with E-state index in [0.29, 0.717) is 0 Å².